The van der Waals surface area contributed by atoms with Crippen LogP contribution in [0.1, 0.15) is 43.2 Å². The molecule has 4 rings (SSSR count). The number of unbranched alkanes of at least 4 members (excludes halogenated alkanes) is 1. The number of carbonyl (C=O) groups is 1. The minimum atomic E-state index is -1.29. The lowest BCUT2D eigenvalue weighted by molar-refractivity contribution is -0.0234. The number of amides is 1. The van der Waals surface area contributed by atoms with Crippen LogP contribution in [0, 0.1) is 5.82 Å². The maximum atomic E-state index is 13.7. The van der Waals surface area contributed by atoms with E-state index in [0.29, 0.717) is 32.9 Å². The van der Waals surface area contributed by atoms with Crippen molar-refractivity contribution in [3.63, 3.8) is 0 Å². The molecular weight excluding hydrogens is 509 g/mol. The van der Waals surface area contributed by atoms with Crippen LogP contribution in [-0.4, -0.2) is 51.5 Å². The summed E-state index contributed by atoms with van der Waals surface area (Å²) in [5.74, 6) is 0.662. The number of rotatable bonds is 11. The van der Waals surface area contributed by atoms with E-state index in [0.717, 1.165) is 53.0 Å². The Bertz CT molecular complexity index is 1230. The zero-order valence-corrected chi connectivity index (χ0v) is 24.8. The van der Waals surface area contributed by atoms with Crippen LogP contribution >= 0.6 is 0 Å². The molecule has 39 heavy (non-hydrogen) atoms. The fourth-order valence-electron chi connectivity index (χ4n) is 4.95. The number of halogens is 1. The number of benzene rings is 3. The molecule has 7 heteroatoms. The first-order valence-electron chi connectivity index (χ1n) is 14.2. The highest BCUT2D eigenvalue weighted by molar-refractivity contribution is 6.76. The van der Waals surface area contributed by atoms with Gasteiger partial charge < -0.3 is 19.1 Å². The molecule has 0 bridgehead atoms. The Morgan fingerprint density at radius 2 is 1.82 bits per heavy atom. The molecule has 0 N–H and O–H groups in total. The van der Waals surface area contributed by atoms with Gasteiger partial charge in [-0.25, -0.2) is 9.18 Å². The fraction of sp³-hybridized carbons (Fsp3) is 0.469. The summed E-state index contributed by atoms with van der Waals surface area (Å²) >= 11 is 0. The summed E-state index contributed by atoms with van der Waals surface area (Å²) in [4.78, 5) is 14.7. The van der Waals surface area contributed by atoms with Gasteiger partial charge in [0.15, 0.2) is 0 Å². The second-order valence-corrected chi connectivity index (χ2v) is 17.3. The SMILES string of the molecule is CCCCOc1cc(COC2CN(C(=O)OCC[Si](C)(C)C)CCC2c2ccc(F)cc2)cc2ccccc12. The lowest BCUT2D eigenvalue weighted by Crippen LogP contribution is -2.47. The van der Waals surface area contributed by atoms with Gasteiger partial charge in [-0.15, -0.1) is 0 Å². The molecule has 1 heterocycles. The molecule has 3 aromatic carbocycles. The zero-order chi connectivity index (χ0) is 27.8. The third-order valence-corrected chi connectivity index (χ3v) is 9.00. The van der Waals surface area contributed by atoms with Crippen LogP contribution in [0.25, 0.3) is 10.8 Å². The number of carbonyl (C=O) groups excluding carboxylic acids is 1. The van der Waals surface area contributed by atoms with Gasteiger partial charge in [-0.05, 0) is 59.7 Å². The molecule has 1 amide bonds. The highest BCUT2D eigenvalue weighted by Gasteiger charge is 2.34. The first kappa shape index (κ1) is 29.1. The van der Waals surface area contributed by atoms with Gasteiger partial charge in [0.25, 0.3) is 0 Å². The van der Waals surface area contributed by atoms with Gasteiger partial charge in [0.1, 0.15) is 11.6 Å². The first-order valence-corrected chi connectivity index (χ1v) is 17.9. The van der Waals surface area contributed by atoms with E-state index >= 15 is 0 Å². The molecule has 1 saturated heterocycles. The highest BCUT2D eigenvalue weighted by Crippen LogP contribution is 2.33. The Morgan fingerprint density at radius 1 is 1.05 bits per heavy atom. The molecule has 0 aromatic heterocycles. The van der Waals surface area contributed by atoms with Crippen molar-refractivity contribution >= 4 is 24.9 Å². The summed E-state index contributed by atoms with van der Waals surface area (Å²) in [6.45, 7) is 11.5. The van der Waals surface area contributed by atoms with E-state index in [9.17, 15) is 9.18 Å². The van der Waals surface area contributed by atoms with E-state index in [1.54, 1.807) is 4.90 Å². The quantitative estimate of drug-likeness (QED) is 0.179. The summed E-state index contributed by atoms with van der Waals surface area (Å²) in [5.41, 5.74) is 2.04. The number of hydrogen-bond donors (Lipinski definition) is 0. The van der Waals surface area contributed by atoms with Gasteiger partial charge in [-0.1, -0.05) is 69.4 Å². The second kappa shape index (κ2) is 13.4. The standard InChI is InChI=1S/C32H42FNO4Si/c1-5-6-17-36-30-21-24(20-26-9-7-8-10-28(26)30)23-38-31-22-34(32(35)37-18-19-39(2,3)4)16-15-29(31)25-11-13-27(33)14-12-25/h7-14,20-21,29,31H,5-6,15-19,22-23H2,1-4H3. The third kappa shape index (κ3) is 8.29. The van der Waals surface area contributed by atoms with Crippen molar-refractivity contribution in [1.29, 1.82) is 0 Å². The van der Waals surface area contributed by atoms with Crippen molar-refractivity contribution in [2.45, 2.75) is 70.5 Å². The predicted octanol–water partition coefficient (Wildman–Crippen LogP) is 8.01. The Kier molecular flexibility index (Phi) is 10.0. The predicted molar refractivity (Wildman–Crippen MR) is 158 cm³/mol. The van der Waals surface area contributed by atoms with Gasteiger partial charge in [0, 0.05) is 25.9 Å². The summed E-state index contributed by atoms with van der Waals surface area (Å²) in [6.07, 6.45) is 2.27. The molecule has 0 saturated carbocycles. The van der Waals surface area contributed by atoms with Crippen LogP contribution < -0.4 is 4.74 Å². The Labute approximate surface area is 233 Å². The van der Waals surface area contributed by atoms with Gasteiger partial charge in [0.2, 0.25) is 0 Å². The van der Waals surface area contributed by atoms with Crippen LogP contribution in [0.5, 0.6) is 5.75 Å². The van der Waals surface area contributed by atoms with Crippen LogP contribution in [0.4, 0.5) is 9.18 Å². The van der Waals surface area contributed by atoms with Gasteiger partial charge in [-0.2, -0.15) is 0 Å². The van der Waals surface area contributed by atoms with E-state index in [4.69, 9.17) is 14.2 Å². The van der Waals surface area contributed by atoms with Gasteiger partial charge in [-0.3, -0.25) is 0 Å². The van der Waals surface area contributed by atoms with Crippen molar-refractivity contribution < 1.29 is 23.4 Å². The number of hydrogen-bond acceptors (Lipinski definition) is 4. The Hall–Kier alpha value is -2.90. The molecule has 0 spiro atoms. The largest absolute Gasteiger partial charge is 0.493 e. The van der Waals surface area contributed by atoms with Crippen LogP contribution in [0.2, 0.25) is 25.7 Å². The number of likely N-dealkylation sites (tertiary alicyclic amines) is 1. The summed E-state index contributed by atoms with van der Waals surface area (Å²) < 4.78 is 32.0. The average molecular weight is 552 g/mol. The minimum Gasteiger partial charge on any atom is -0.493 e. The smallest absolute Gasteiger partial charge is 0.409 e. The highest BCUT2D eigenvalue weighted by atomic mass is 28.3. The zero-order valence-electron chi connectivity index (χ0n) is 23.8. The number of ether oxygens (including phenoxy) is 3. The molecule has 0 aliphatic carbocycles. The van der Waals surface area contributed by atoms with Crippen molar-refractivity contribution in [2.75, 3.05) is 26.3 Å². The summed E-state index contributed by atoms with van der Waals surface area (Å²) in [5, 5.41) is 2.20. The van der Waals surface area contributed by atoms with E-state index < -0.39 is 8.07 Å². The maximum Gasteiger partial charge on any atom is 0.409 e. The van der Waals surface area contributed by atoms with Crippen molar-refractivity contribution in [3.8, 4) is 5.75 Å². The molecule has 5 nitrogen and oxygen atoms in total. The molecular formula is C32H42FNO4Si. The van der Waals surface area contributed by atoms with E-state index in [2.05, 4.69) is 50.8 Å². The lowest BCUT2D eigenvalue weighted by Gasteiger charge is -2.38. The fourth-order valence-corrected chi connectivity index (χ4v) is 5.66. The number of piperidine rings is 1. The number of nitrogens with zero attached hydrogens (tertiary/aromatic N) is 1. The van der Waals surface area contributed by atoms with Crippen molar-refractivity contribution in [2.24, 2.45) is 0 Å². The summed E-state index contributed by atoms with van der Waals surface area (Å²) in [7, 11) is -1.29. The number of fused-ring (bicyclic) bond motifs is 1. The van der Waals surface area contributed by atoms with Crippen LogP contribution in [0.15, 0.2) is 60.7 Å². The van der Waals surface area contributed by atoms with Gasteiger partial charge in [0.05, 0.1) is 32.5 Å². The second-order valence-electron chi connectivity index (χ2n) is 11.7. The molecule has 0 radical (unpaired) electrons. The van der Waals surface area contributed by atoms with E-state index in [1.165, 1.54) is 12.1 Å². The molecule has 1 aliphatic heterocycles. The molecule has 1 fully saturated rings. The first-order chi connectivity index (χ1) is 18.7. The van der Waals surface area contributed by atoms with Crippen molar-refractivity contribution in [1.82, 2.24) is 4.90 Å². The van der Waals surface area contributed by atoms with Crippen LogP contribution in [0.3, 0.4) is 0 Å². The van der Waals surface area contributed by atoms with Crippen molar-refractivity contribution in [3.05, 3.63) is 77.6 Å². The van der Waals surface area contributed by atoms with Crippen LogP contribution in [-0.2, 0) is 16.1 Å². The molecule has 2 unspecified atom stereocenters. The maximum absolute atomic E-state index is 13.7. The van der Waals surface area contributed by atoms with E-state index in [-0.39, 0.29) is 23.9 Å². The summed E-state index contributed by atoms with van der Waals surface area (Å²) in [6, 6.07) is 20.0. The monoisotopic (exact) mass is 551 g/mol. The Morgan fingerprint density at radius 3 is 2.56 bits per heavy atom. The molecule has 1 aliphatic rings. The van der Waals surface area contributed by atoms with Gasteiger partial charge >= 0.3 is 6.09 Å². The average Bonchev–Trinajstić information content (AvgIpc) is 2.91. The Balaban J connectivity index is 1.50. The minimum absolute atomic E-state index is 0.0531. The lowest BCUT2D eigenvalue weighted by atomic mass is 9.87. The molecule has 210 valence electrons. The normalized spacial score (nSPS) is 17.8. The van der Waals surface area contributed by atoms with E-state index in [1.807, 2.05) is 24.3 Å². The third-order valence-electron chi connectivity index (χ3n) is 7.30. The topological polar surface area (TPSA) is 48.0 Å². The molecule has 3 aromatic rings. The molecule has 2 atom stereocenters.